The zero-order valence-corrected chi connectivity index (χ0v) is 8.79. The Kier molecular flexibility index (Phi) is 4.22. The summed E-state index contributed by atoms with van der Waals surface area (Å²) in [6.45, 7) is 5.31. The zero-order valence-electron chi connectivity index (χ0n) is 8.79. The van der Waals surface area contributed by atoms with Crippen LogP contribution in [0, 0.1) is 5.92 Å². The maximum Gasteiger partial charge on any atom is 0.316 e. The van der Waals surface area contributed by atoms with Gasteiger partial charge in [0.2, 0.25) is 0 Å². The molecule has 1 rings (SSSR count). The van der Waals surface area contributed by atoms with Crippen molar-refractivity contribution in [3.63, 3.8) is 0 Å². The summed E-state index contributed by atoms with van der Waals surface area (Å²) in [5.74, 6) is 0.772. The number of nitrogens with one attached hydrogen (secondary N) is 1. The first kappa shape index (κ1) is 10.8. The van der Waals surface area contributed by atoms with E-state index < -0.39 is 0 Å². The molecule has 0 aliphatic heterocycles. The SMILES string of the molecule is CC(C)CCCCNc1nnc(N)o1. The highest BCUT2D eigenvalue weighted by Gasteiger charge is 2.00. The van der Waals surface area contributed by atoms with Crippen LogP contribution in [0.3, 0.4) is 0 Å². The van der Waals surface area contributed by atoms with Gasteiger partial charge in [-0.3, -0.25) is 0 Å². The Morgan fingerprint density at radius 3 is 2.71 bits per heavy atom. The minimum absolute atomic E-state index is 0.106. The van der Waals surface area contributed by atoms with Crippen molar-refractivity contribution in [2.75, 3.05) is 17.6 Å². The standard InChI is InChI=1S/C9H18N4O/c1-7(2)5-3-4-6-11-9-13-12-8(10)14-9/h7H,3-6H2,1-2H3,(H2,10,12)(H,11,13). The van der Waals surface area contributed by atoms with E-state index in [4.69, 9.17) is 10.2 Å². The third kappa shape index (κ3) is 4.11. The Hall–Kier alpha value is -1.26. The van der Waals surface area contributed by atoms with Gasteiger partial charge in [0.05, 0.1) is 0 Å². The van der Waals surface area contributed by atoms with Gasteiger partial charge < -0.3 is 15.5 Å². The molecule has 1 aromatic heterocycles. The maximum atomic E-state index is 5.27. The minimum atomic E-state index is 0.106. The number of nitrogens with two attached hydrogens (primary N) is 1. The molecule has 14 heavy (non-hydrogen) atoms. The molecule has 80 valence electrons. The summed E-state index contributed by atoms with van der Waals surface area (Å²) in [5.41, 5.74) is 5.27. The molecular formula is C9H18N4O. The predicted molar refractivity (Wildman–Crippen MR) is 55.9 cm³/mol. The second-order valence-electron chi connectivity index (χ2n) is 3.76. The van der Waals surface area contributed by atoms with Crippen LogP contribution in [0.2, 0.25) is 0 Å². The normalized spacial score (nSPS) is 10.8. The Morgan fingerprint density at radius 1 is 1.36 bits per heavy atom. The fourth-order valence-corrected chi connectivity index (χ4v) is 1.18. The number of anilines is 2. The van der Waals surface area contributed by atoms with Crippen molar-refractivity contribution < 1.29 is 4.42 Å². The number of rotatable bonds is 6. The van der Waals surface area contributed by atoms with Crippen molar-refractivity contribution >= 4 is 12.0 Å². The molecule has 0 aliphatic rings. The second kappa shape index (κ2) is 5.47. The molecular weight excluding hydrogens is 180 g/mol. The molecule has 1 heterocycles. The van der Waals surface area contributed by atoms with Crippen molar-refractivity contribution in [3.8, 4) is 0 Å². The molecule has 0 aliphatic carbocycles. The molecule has 0 fully saturated rings. The molecule has 5 heteroatoms. The van der Waals surface area contributed by atoms with Crippen LogP contribution in [0.4, 0.5) is 12.0 Å². The largest absolute Gasteiger partial charge is 0.390 e. The van der Waals surface area contributed by atoms with E-state index in [0.29, 0.717) is 6.01 Å². The first-order chi connectivity index (χ1) is 6.68. The van der Waals surface area contributed by atoms with Gasteiger partial charge in [-0.1, -0.05) is 36.9 Å². The summed E-state index contributed by atoms with van der Waals surface area (Å²) in [6, 6.07) is 0.515. The molecule has 0 atom stereocenters. The van der Waals surface area contributed by atoms with Gasteiger partial charge in [-0.25, -0.2) is 0 Å². The second-order valence-corrected chi connectivity index (χ2v) is 3.76. The van der Waals surface area contributed by atoms with Crippen LogP contribution < -0.4 is 11.1 Å². The van der Waals surface area contributed by atoms with Crippen LogP contribution in [-0.4, -0.2) is 16.7 Å². The number of nitrogen functional groups attached to an aromatic ring is 1. The molecule has 1 aromatic rings. The van der Waals surface area contributed by atoms with E-state index in [-0.39, 0.29) is 6.01 Å². The molecule has 3 N–H and O–H groups in total. The van der Waals surface area contributed by atoms with Crippen LogP contribution >= 0.6 is 0 Å². The summed E-state index contributed by atoms with van der Waals surface area (Å²) in [5, 5.41) is 10.3. The Morgan fingerprint density at radius 2 is 2.14 bits per heavy atom. The average Bonchev–Trinajstić information content (AvgIpc) is 2.50. The van der Waals surface area contributed by atoms with Crippen molar-refractivity contribution in [2.24, 2.45) is 5.92 Å². The van der Waals surface area contributed by atoms with Gasteiger partial charge in [0.25, 0.3) is 0 Å². The molecule has 0 radical (unpaired) electrons. The molecule has 0 spiro atoms. The van der Waals surface area contributed by atoms with Crippen molar-refractivity contribution in [1.29, 1.82) is 0 Å². The third-order valence-corrected chi connectivity index (χ3v) is 1.93. The van der Waals surface area contributed by atoms with Gasteiger partial charge in [0.1, 0.15) is 0 Å². The van der Waals surface area contributed by atoms with E-state index >= 15 is 0 Å². The first-order valence-electron chi connectivity index (χ1n) is 5.01. The highest BCUT2D eigenvalue weighted by Crippen LogP contribution is 2.08. The third-order valence-electron chi connectivity index (χ3n) is 1.93. The lowest BCUT2D eigenvalue weighted by atomic mass is 10.1. The van der Waals surface area contributed by atoms with E-state index in [1.54, 1.807) is 0 Å². The van der Waals surface area contributed by atoms with Gasteiger partial charge in [-0.2, -0.15) is 0 Å². The van der Waals surface area contributed by atoms with E-state index in [0.717, 1.165) is 18.9 Å². The average molecular weight is 198 g/mol. The van der Waals surface area contributed by atoms with Gasteiger partial charge in [0, 0.05) is 6.54 Å². The fourth-order valence-electron chi connectivity index (χ4n) is 1.18. The number of unbranched alkanes of at least 4 members (excludes halogenated alkanes) is 1. The van der Waals surface area contributed by atoms with Gasteiger partial charge in [-0.05, 0) is 12.3 Å². The molecule has 0 saturated heterocycles. The summed E-state index contributed by atoms with van der Waals surface area (Å²) >= 11 is 0. The van der Waals surface area contributed by atoms with Crippen LogP contribution in [0.5, 0.6) is 0 Å². The molecule has 0 saturated carbocycles. The first-order valence-corrected chi connectivity index (χ1v) is 5.01. The number of nitrogens with zero attached hydrogens (tertiary/aromatic N) is 2. The highest BCUT2D eigenvalue weighted by atomic mass is 16.4. The lowest BCUT2D eigenvalue weighted by Crippen LogP contribution is -2.02. The summed E-state index contributed by atoms with van der Waals surface area (Å²) < 4.78 is 4.96. The van der Waals surface area contributed by atoms with E-state index in [9.17, 15) is 0 Å². The maximum absolute atomic E-state index is 5.27. The minimum Gasteiger partial charge on any atom is -0.390 e. The summed E-state index contributed by atoms with van der Waals surface area (Å²) in [7, 11) is 0. The Balaban J connectivity index is 2.04. The molecule has 5 nitrogen and oxygen atoms in total. The molecule has 0 amide bonds. The molecule has 0 unspecified atom stereocenters. The van der Waals surface area contributed by atoms with Crippen LogP contribution in [-0.2, 0) is 0 Å². The summed E-state index contributed by atoms with van der Waals surface area (Å²) in [4.78, 5) is 0. The van der Waals surface area contributed by atoms with Crippen molar-refractivity contribution in [1.82, 2.24) is 10.2 Å². The topological polar surface area (TPSA) is 77.0 Å². The molecule has 0 aromatic carbocycles. The van der Waals surface area contributed by atoms with Crippen molar-refractivity contribution in [3.05, 3.63) is 0 Å². The van der Waals surface area contributed by atoms with Gasteiger partial charge in [-0.15, -0.1) is 0 Å². The number of hydrogen-bond acceptors (Lipinski definition) is 5. The lowest BCUT2D eigenvalue weighted by molar-refractivity contribution is 0.539. The molecule has 0 bridgehead atoms. The quantitative estimate of drug-likeness (QED) is 0.682. The van der Waals surface area contributed by atoms with Crippen molar-refractivity contribution in [2.45, 2.75) is 33.1 Å². The smallest absolute Gasteiger partial charge is 0.316 e. The Labute approximate surface area is 84.1 Å². The van der Waals surface area contributed by atoms with Crippen LogP contribution in [0.1, 0.15) is 33.1 Å². The number of hydrogen-bond donors (Lipinski definition) is 2. The lowest BCUT2D eigenvalue weighted by Gasteiger charge is -2.03. The van der Waals surface area contributed by atoms with E-state index in [1.165, 1.54) is 12.8 Å². The summed E-state index contributed by atoms with van der Waals surface area (Å²) in [6.07, 6.45) is 3.59. The zero-order chi connectivity index (χ0) is 10.4. The van der Waals surface area contributed by atoms with E-state index in [2.05, 4.69) is 29.4 Å². The fraction of sp³-hybridized carbons (Fsp3) is 0.778. The highest BCUT2D eigenvalue weighted by molar-refractivity contribution is 5.21. The number of aromatic nitrogens is 2. The predicted octanol–water partition coefficient (Wildman–Crippen LogP) is 1.89. The van der Waals surface area contributed by atoms with Gasteiger partial charge >= 0.3 is 12.0 Å². The van der Waals surface area contributed by atoms with Gasteiger partial charge in [0.15, 0.2) is 0 Å². The van der Waals surface area contributed by atoms with E-state index in [1.807, 2.05) is 0 Å². The van der Waals surface area contributed by atoms with Crippen LogP contribution in [0.25, 0.3) is 0 Å². The van der Waals surface area contributed by atoms with Crippen LogP contribution in [0.15, 0.2) is 4.42 Å². The monoisotopic (exact) mass is 198 g/mol. The Bertz CT molecular complexity index is 259.